The molecule has 0 bridgehead atoms. The smallest absolute Gasteiger partial charge is 0.324 e. The molecule has 0 saturated heterocycles. The van der Waals surface area contributed by atoms with Gasteiger partial charge in [0.1, 0.15) is 3.23 Å². The summed E-state index contributed by atoms with van der Waals surface area (Å²) in [6.07, 6.45) is -0.180. The molecule has 0 heterocycles. The zero-order chi connectivity index (χ0) is 26.0. The normalized spacial score (nSPS) is 16.1. The Morgan fingerprint density at radius 2 is 1.19 bits per heavy atom. The van der Waals surface area contributed by atoms with Crippen LogP contribution in [0.1, 0.15) is 31.8 Å². The van der Waals surface area contributed by atoms with Gasteiger partial charge in [0.2, 0.25) is 0 Å². The monoisotopic (exact) mass is 618 g/mol. The second kappa shape index (κ2) is 10.1. The quantitative estimate of drug-likeness (QED) is 0.247. The van der Waals surface area contributed by atoms with Crippen LogP contribution < -0.4 is 10.6 Å². The molecule has 184 valence electrons. The van der Waals surface area contributed by atoms with Crippen molar-refractivity contribution >= 4 is 49.2 Å². The van der Waals surface area contributed by atoms with Gasteiger partial charge >= 0.3 is 6.18 Å². The molecule has 0 radical (unpaired) electrons. The minimum atomic E-state index is -4.57. The Bertz CT molecular complexity index is 1280. The number of halogens is 5. The lowest BCUT2D eigenvalue weighted by atomic mass is 9.89. The zero-order valence-corrected chi connectivity index (χ0v) is 21.7. The van der Waals surface area contributed by atoms with Gasteiger partial charge in [0, 0.05) is 11.1 Å². The molecule has 0 saturated carbocycles. The van der Waals surface area contributed by atoms with Gasteiger partial charge in [0.25, 0.3) is 11.8 Å². The number of nitrogens with one attached hydrogen (secondary N) is 2. The van der Waals surface area contributed by atoms with Gasteiger partial charge in [0.15, 0.2) is 5.66 Å². The SMILES string of the molecule is O=C(NC1(NC(=O)c2ccccc2)C=CC(c2ccccc2C(F)(F)F)=CC1(Br)Br)c1ccccc1. The first-order valence-electron chi connectivity index (χ1n) is 10.7. The summed E-state index contributed by atoms with van der Waals surface area (Å²) in [5.41, 5.74) is -1.51. The summed E-state index contributed by atoms with van der Waals surface area (Å²) in [5, 5.41) is 5.68. The molecular weight excluding hydrogens is 601 g/mol. The third-order valence-electron chi connectivity index (χ3n) is 5.61. The molecule has 2 N–H and O–H groups in total. The van der Waals surface area contributed by atoms with Crippen molar-refractivity contribution in [2.45, 2.75) is 15.1 Å². The Kier molecular flexibility index (Phi) is 7.24. The van der Waals surface area contributed by atoms with Crippen LogP contribution in [-0.4, -0.2) is 20.7 Å². The predicted molar refractivity (Wildman–Crippen MR) is 140 cm³/mol. The van der Waals surface area contributed by atoms with Crippen LogP contribution in [0.2, 0.25) is 0 Å². The van der Waals surface area contributed by atoms with Crippen molar-refractivity contribution in [3.05, 3.63) is 125 Å². The van der Waals surface area contributed by atoms with Gasteiger partial charge in [-0.25, -0.2) is 0 Å². The number of carbonyl (C=O) groups excluding carboxylic acids is 2. The van der Waals surface area contributed by atoms with Crippen LogP contribution in [0, 0.1) is 0 Å². The minimum absolute atomic E-state index is 0.0399. The average molecular weight is 620 g/mol. The highest BCUT2D eigenvalue weighted by Crippen LogP contribution is 2.46. The molecule has 0 aromatic heterocycles. The Balaban J connectivity index is 1.77. The van der Waals surface area contributed by atoms with Crippen LogP contribution in [0.4, 0.5) is 13.2 Å². The third-order valence-corrected chi connectivity index (χ3v) is 7.32. The summed E-state index contributed by atoms with van der Waals surface area (Å²) in [5.74, 6) is -0.992. The van der Waals surface area contributed by atoms with Gasteiger partial charge in [-0.15, -0.1) is 0 Å². The van der Waals surface area contributed by atoms with E-state index in [-0.39, 0.29) is 11.1 Å². The van der Waals surface area contributed by atoms with Crippen LogP contribution in [0.15, 0.2) is 103 Å². The standard InChI is InChI=1S/C27H19Br2F3N2O2/c28-25(29)17-20(21-13-7-8-14-22(21)27(30,31)32)15-16-26(25,33-23(35)18-9-3-1-4-10-18)34-24(36)19-11-5-2-6-12-19/h1-17H,(H,33,35)(H,34,36). The molecule has 1 aliphatic carbocycles. The van der Waals surface area contributed by atoms with E-state index in [0.717, 1.165) is 6.07 Å². The summed E-state index contributed by atoms with van der Waals surface area (Å²) in [4.78, 5) is 26.3. The maximum absolute atomic E-state index is 13.7. The van der Waals surface area contributed by atoms with E-state index in [0.29, 0.717) is 11.1 Å². The second-order valence-electron chi connectivity index (χ2n) is 8.05. The summed E-state index contributed by atoms with van der Waals surface area (Å²) in [6.45, 7) is 0. The number of carbonyl (C=O) groups is 2. The number of amides is 2. The molecule has 0 fully saturated rings. The van der Waals surface area contributed by atoms with Crippen molar-refractivity contribution in [3.8, 4) is 0 Å². The number of benzene rings is 3. The Hall–Kier alpha value is -3.17. The highest BCUT2D eigenvalue weighted by atomic mass is 79.9. The van der Waals surface area contributed by atoms with E-state index in [2.05, 4.69) is 42.5 Å². The van der Waals surface area contributed by atoms with Crippen molar-refractivity contribution in [3.63, 3.8) is 0 Å². The third kappa shape index (κ3) is 5.32. The van der Waals surface area contributed by atoms with E-state index in [9.17, 15) is 22.8 Å². The lowest BCUT2D eigenvalue weighted by Crippen LogP contribution is -2.68. The molecule has 3 aromatic rings. The lowest BCUT2D eigenvalue weighted by Gasteiger charge is -2.43. The van der Waals surface area contributed by atoms with Gasteiger partial charge in [-0.05, 0) is 53.6 Å². The van der Waals surface area contributed by atoms with Gasteiger partial charge in [0.05, 0.1) is 5.56 Å². The number of allylic oxidation sites excluding steroid dienone is 2. The molecule has 4 nitrogen and oxygen atoms in total. The first-order valence-corrected chi connectivity index (χ1v) is 12.3. The minimum Gasteiger partial charge on any atom is -0.324 e. The predicted octanol–water partition coefficient (Wildman–Crippen LogP) is 6.70. The van der Waals surface area contributed by atoms with Crippen LogP contribution in [0.25, 0.3) is 5.57 Å². The topological polar surface area (TPSA) is 58.2 Å². The van der Waals surface area contributed by atoms with Gasteiger partial charge in [-0.2, -0.15) is 13.2 Å². The first-order chi connectivity index (χ1) is 17.0. The first kappa shape index (κ1) is 25.9. The maximum Gasteiger partial charge on any atom is 0.417 e. The molecule has 36 heavy (non-hydrogen) atoms. The Morgan fingerprint density at radius 1 is 0.722 bits per heavy atom. The van der Waals surface area contributed by atoms with Crippen molar-refractivity contribution < 1.29 is 22.8 Å². The number of hydrogen-bond acceptors (Lipinski definition) is 2. The zero-order valence-electron chi connectivity index (χ0n) is 18.5. The molecule has 4 rings (SSSR count). The fraction of sp³-hybridized carbons (Fsp3) is 0.111. The lowest BCUT2D eigenvalue weighted by molar-refractivity contribution is -0.137. The van der Waals surface area contributed by atoms with Crippen LogP contribution in [0.5, 0.6) is 0 Å². The van der Waals surface area contributed by atoms with E-state index in [1.54, 1.807) is 60.7 Å². The summed E-state index contributed by atoms with van der Waals surface area (Å²) in [7, 11) is 0. The molecule has 0 spiro atoms. The Morgan fingerprint density at radius 3 is 1.67 bits per heavy atom. The highest BCUT2D eigenvalue weighted by molar-refractivity contribution is 9.25. The molecule has 9 heteroatoms. The molecule has 3 aromatic carbocycles. The Labute approximate surface area is 222 Å². The van der Waals surface area contributed by atoms with E-state index in [4.69, 9.17) is 0 Å². The summed E-state index contributed by atoms with van der Waals surface area (Å²) in [6, 6.07) is 22.0. The van der Waals surface area contributed by atoms with Crippen LogP contribution in [-0.2, 0) is 6.18 Å². The largest absolute Gasteiger partial charge is 0.417 e. The van der Waals surface area contributed by atoms with E-state index < -0.39 is 32.5 Å². The van der Waals surface area contributed by atoms with Gasteiger partial charge in [-0.1, -0.05) is 92.5 Å². The number of alkyl halides is 5. The summed E-state index contributed by atoms with van der Waals surface area (Å²) < 4.78 is 39.6. The fourth-order valence-electron chi connectivity index (χ4n) is 3.80. The van der Waals surface area contributed by atoms with Crippen molar-refractivity contribution in [1.29, 1.82) is 0 Å². The average Bonchev–Trinajstić information content (AvgIpc) is 2.86. The maximum atomic E-state index is 13.7. The second-order valence-corrected chi connectivity index (χ2v) is 11.6. The van der Waals surface area contributed by atoms with Crippen molar-refractivity contribution in [2.24, 2.45) is 0 Å². The number of hydrogen-bond donors (Lipinski definition) is 2. The summed E-state index contributed by atoms with van der Waals surface area (Å²) >= 11 is 7.02. The van der Waals surface area contributed by atoms with Crippen LogP contribution in [0.3, 0.4) is 0 Å². The van der Waals surface area contributed by atoms with E-state index >= 15 is 0 Å². The number of rotatable bonds is 5. The van der Waals surface area contributed by atoms with E-state index in [1.807, 2.05) is 0 Å². The molecule has 0 unspecified atom stereocenters. The molecule has 0 aliphatic heterocycles. The van der Waals surface area contributed by atoms with Crippen molar-refractivity contribution in [1.82, 2.24) is 10.6 Å². The fourth-order valence-corrected chi connectivity index (χ4v) is 4.95. The van der Waals surface area contributed by atoms with Gasteiger partial charge in [-0.3, -0.25) is 9.59 Å². The van der Waals surface area contributed by atoms with Crippen molar-refractivity contribution in [2.75, 3.05) is 0 Å². The van der Waals surface area contributed by atoms with Crippen LogP contribution >= 0.6 is 31.9 Å². The molecule has 2 amide bonds. The van der Waals surface area contributed by atoms with E-state index in [1.165, 1.54) is 36.4 Å². The van der Waals surface area contributed by atoms with Gasteiger partial charge < -0.3 is 10.6 Å². The highest BCUT2D eigenvalue weighted by Gasteiger charge is 2.50. The molecular formula is C27H19Br2F3N2O2. The molecule has 1 aliphatic rings. The molecule has 0 atom stereocenters.